The van der Waals surface area contributed by atoms with Gasteiger partial charge in [-0.05, 0) is 17.8 Å². The average molecular weight is 206 g/mol. The second-order valence-electron chi connectivity index (χ2n) is 2.67. The monoisotopic (exact) mass is 206 g/mol. The first kappa shape index (κ1) is 10.6. The topological polar surface area (TPSA) is 41.5 Å². The van der Waals surface area contributed by atoms with Crippen LogP contribution >= 0.6 is 12.2 Å². The number of carbonyl (C=O) groups excluding carboxylic acids is 1. The largest absolute Gasteiger partial charge is 0.350 e. The van der Waals surface area contributed by atoms with E-state index in [0.29, 0.717) is 6.54 Å². The summed E-state index contributed by atoms with van der Waals surface area (Å²) in [5.41, 5.74) is 1.06. The van der Waals surface area contributed by atoms with Crippen molar-refractivity contribution in [3.8, 4) is 0 Å². The first-order valence-electron chi connectivity index (χ1n) is 4.17. The van der Waals surface area contributed by atoms with Crippen LogP contribution in [0.15, 0.2) is 35.3 Å². The summed E-state index contributed by atoms with van der Waals surface area (Å²) >= 11 is 4.35. The third-order valence-electron chi connectivity index (χ3n) is 1.62. The fourth-order valence-electron chi connectivity index (χ4n) is 0.956. The van der Waals surface area contributed by atoms with E-state index in [1.165, 1.54) is 0 Å². The summed E-state index contributed by atoms with van der Waals surface area (Å²) in [5.74, 6) is -0.147. The number of rotatable bonds is 4. The van der Waals surface area contributed by atoms with Gasteiger partial charge in [0.1, 0.15) is 6.54 Å². The molecule has 0 radical (unpaired) electrons. The summed E-state index contributed by atoms with van der Waals surface area (Å²) in [6, 6.07) is 9.68. The smallest absolute Gasteiger partial charge is 0.242 e. The van der Waals surface area contributed by atoms with Crippen LogP contribution in [0.1, 0.15) is 5.56 Å². The van der Waals surface area contributed by atoms with Crippen molar-refractivity contribution in [2.75, 3.05) is 6.54 Å². The molecular formula is C10H10N2OS. The van der Waals surface area contributed by atoms with E-state index in [-0.39, 0.29) is 12.5 Å². The van der Waals surface area contributed by atoms with E-state index in [9.17, 15) is 4.79 Å². The maximum atomic E-state index is 11.1. The van der Waals surface area contributed by atoms with Crippen LogP contribution in [0.2, 0.25) is 0 Å². The van der Waals surface area contributed by atoms with Crippen LogP contribution in [-0.2, 0) is 11.3 Å². The second-order valence-corrected chi connectivity index (χ2v) is 2.85. The van der Waals surface area contributed by atoms with Crippen LogP contribution in [0.4, 0.5) is 0 Å². The SMILES string of the molecule is O=C(CN=C=S)NCc1ccccc1. The maximum absolute atomic E-state index is 11.1. The van der Waals surface area contributed by atoms with Gasteiger partial charge < -0.3 is 5.32 Å². The van der Waals surface area contributed by atoms with Crippen LogP contribution in [0.25, 0.3) is 0 Å². The highest BCUT2D eigenvalue weighted by Gasteiger charge is 1.97. The lowest BCUT2D eigenvalue weighted by molar-refractivity contribution is -0.119. The molecule has 0 aliphatic carbocycles. The van der Waals surface area contributed by atoms with Crippen LogP contribution < -0.4 is 5.32 Å². The summed E-state index contributed by atoms with van der Waals surface area (Å²) in [6.45, 7) is 0.572. The number of benzene rings is 1. The first-order valence-corrected chi connectivity index (χ1v) is 4.58. The van der Waals surface area contributed by atoms with Gasteiger partial charge in [0, 0.05) is 6.54 Å². The Kier molecular flexibility index (Phi) is 4.55. The minimum absolute atomic E-state index is 0.0519. The Labute approximate surface area is 87.9 Å². The van der Waals surface area contributed by atoms with E-state index in [1.807, 2.05) is 30.3 Å². The van der Waals surface area contributed by atoms with Crippen LogP contribution in [0.5, 0.6) is 0 Å². The van der Waals surface area contributed by atoms with E-state index in [4.69, 9.17) is 0 Å². The zero-order valence-electron chi connectivity index (χ0n) is 7.56. The molecule has 0 aliphatic heterocycles. The number of hydrogen-bond acceptors (Lipinski definition) is 3. The molecular weight excluding hydrogens is 196 g/mol. The van der Waals surface area contributed by atoms with Crippen molar-refractivity contribution in [1.82, 2.24) is 5.32 Å². The molecule has 1 aromatic rings. The lowest BCUT2D eigenvalue weighted by Gasteiger charge is -2.02. The molecule has 1 N–H and O–H groups in total. The number of aliphatic imine (C=N–C) groups is 1. The molecule has 0 saturated carbocycles. The lowest BCUT2D eigenvalue weighted by Crippen LogP contribution is -2.24. The highest BCUT2D eigenvalue weighted by atomic mass is 32.1. The number of thiocarbonyl (C=S) groups is 1. The van der Waals surface area contributed by atoms with Gasteiger partial charge in [0.05, 0.1) is 5.16 Å². The normalized spacial score (nSPS) is 8.86. The molecule has 4 heteroatoms. The molecule has 3 nitrogen and oxygen atoms in total. The molecule has 0 heterocycles. The van der Waals surface area contributed by atoms with Crippen LogP contribution in [-0.4, -0.2) is 17.6 Å². The van der Waals surface area contributed by atoms with Crippen molar-refractivity contribution in [3.05, 3.63) is 35.9 Å². The van der Waals surface area contributed by atoms with Crippen molar-refractivity contribution in [1.29, 1.82) is 0 Å². The number of hydrogen-bond donors (Lipinski definition) is 1. The fraction of sp³-hybridized carbons (Fsp3) is 0.200. The quantitative estimate of drug-likeness (QED) is 0.597. The molecule has 0 unspecified atom stereocenters. The molecule has 14 heavy (non-hydrogen) atoms. The molecule has 0 atom stereocenters. The average Bonchev–Trinajstić information content (AvgIpc) is 2.25. The summed E-state index contributed by atoms with van der Waals surface area (Å²) in [4.78, 5) is 14.6. The Balaban J connectivity index is 2.34. The van der Waals surface area contributed by atoms with Crippen molar-refractivity contribution >= 4 is 23.3 Å². The molecule has 0 spiro atoms. The molecule has 1 amide bonds. The van der Waals surface area contributed by atoms with Gasteiger partial charge in [-0.2, -0.15) is 0 Å². The number of nitrogens with zero attached hydrogens (tertiary/aromatic N) is 1. The molecule has 0 saturated heterocycles. The van der Waals surface area contributed by atoms with E-state index in [1.54, 1.807) is 0 Å². The summed E-state index contributed by atoms with van der Waals surface area (Å²) in [5, 5.41) is 4.86. The Bertz CT molecular complexity index is 344. The predicted octanol–water partition coefficient (Wildman–Crippen LogP) is 1.41. The zero-order valence-corrected chi connectivity index (χ0v) is 8.38. The van der Waals surface area contributed by atoms with Gasteiger partial charge in [-0.15, -0.1) is 0 Å². The lowest BCUT2D eigenvalue weighted by atomic mass is 10.2. The number of nitrogens with one attached hydrogen (secondary N) is 1. The van der Waals surface area contributed by atoms with Gasteiger partial charge in [-0.25, -0.2) is 4.99 Å². The van der Waals surface area contributed by atoms with Gasteiger partial charge >= 0.3 is 0 Å². The standard InChI is InChI=1S/C10H10N2OS/c13-10(7-11-8-14)12-6-9-4-2-1-3-5-9/h1-5H,6-7H2,(H,12,13). The van der Waals surface area contributed by atoms with Gasteiger partial charge in [0.25, 0.3) is 0 Å². The van der Waals surface area contributed by atoms with Crippen LogP contribution in [0.3, 0.4) is 0 Å². The highest BCUT2D eigenvalue weighted by molar-refractivity contribution is 7.78. The second kappa shape index (κ2) is 6.02. The summed E-state index contributed by atoms with van der Waals surface area (Å²) in [6.07, 6.45) is 0. The van der Waals surface area contributed by atoms with Crippen molar-refractivity contribution < 1.29 is 4.79 Å². The van der Waals surface area contributed by atoms with E-state index in [0.717, 1.165) is 5.56 Å². The number of carbonyl (C=O) groups is 1. The third kappa shape index (κ3) is 3.94. The molecule has 1 aromatic carbocycles. The van der Waals surface area contributed by atoms with Gasteiger partial charge in [0.15, 0.2) is 0 Å². The maximum Gasteiger partial charge on any atom is 0.242 e. The van der Waals surface area contributed by atoms with Crippen molar-refractivity contribution in [3.63, 3.8) is 0 Å². The zero-order chi connectivity index (χ0) is 10.2. The van der Waals surface area contributed by atoms with Crippen molar-refractivity contribution in [2.24, 2.45) is 4.99 Å². The number of amides is 1. The molecule has 72 valence electrons. The fourth-order valence-corrected chi connectivity index (χ4v) is 1.02. The molecule has 0 fully saturated rings. The molecule has 0 bridgehead atoms. The van der Waals surface area contributed by atoms with Gasteiger partial charge in [-0.3, -0.25) is 4.79 Å². The van der Waals surface area contributed by atoms with E-state index in [2.05, 4.69) is 27.7 Å². The Morgan fingerprint density at radius 1 is 1.43 bits per heavy atom. The molecule has 1 rings (SSSR count). The summed E-state index contributed by atoms with van der Waals surface area (Å²) < 4.78 is 0. The predicted molar refractivity (Wildman–Crippen MR) is 58.2 cm³/mol. The minimum atomic E-state index is -0.147. The Morgan fingerprint density at radius 2 is 2.14 bits per heavy atom. The first-order chi connectivity index (χ1) is 6.83. The van der Waals surface area contributed by atoms with Crippen LogP contribution in [0, 0.1) is 0 Å². The number of isothiocyanates is 1. The minimum Gasteiger partial charge on any atom is -0.350 e. The highest BCUT2D eigenvalue weighted by Crippen LogP contribution is 1.96. The Morgan fingerprint density at radius 3 is 2.79 bits per heavy atom. The third-order valence-corrected chi connectivity index (χ3v) is 1.75. The molecule has 0 aromatic heterocycles. The summed E-state index contributed by atoms with van der Waals surface area (Å²) in [7, 11) is 0. The van der Waals surface area contributed by atoms with Gasteiger partial charge in [-0.1, -0.05) is 30.3 Å². The Hall–Kier alpha value is -1.51. The van der Waals surface area contributed by atoms with Gasteiger partial charge in [0.2, 0.25) is 5.91 Å². The van der Waals surface area contributed by atoms with E-state index < -0.39 is 0 Å². The molecule has 0 aliphatic rings. The van der Waals surface area contributed by atoms with Crippen molar-refractivity contribution in [2.45, 2.75) is 6.54 Å². The van der Waals surface area contributed by atoms with E-state index >= 15 is 0 Å².